The van der Waals surface area contributed by atoms with Gasteiger partial charge in [-0.15, -0.1) is 0 Å². The summed E-state index contributed by atoms with van der Waals surface area (Å²) in [6, 6.07) is 0. The molecule has 0 fully saturated rings. The molecule has 0 N–H and O–H groups in total. The van der Waals surface area contributed by atoms with Crippen molar-refractivity contribution >= 4 is 12.1 Å². The monoisotopic (exact) mass is 155 g/mol. The first-order chi connectivity index (χ1) is 5.15. The molecule has 0 aliphatic heterocycles. The van der Waals surface area contributed by atoms with Gasteiger partial charge in [-0.05, 0) is 4.92 Å². The summed E-state index contributed by atoms with van der Waals surface area (Å²) in [5.74, 6) is -0.400. The van der Waals surface area contributed by atoms with E-state index in [1.807, 2.05) is 0 Å². The highest BCUT2D eigenvalue weighted by Gasteiger charge is 2.17. The number of aldehydes is 1. The van der Waals surface area contributed by atoms with Crippen molar-refractivity contribution in [3.63, 3.8) is 0 Å². The van der Waals surface area contributed by atoms with Gasteiger partial charge >= 0.3 is 5.82 Å². The number of carbonyl (C=O) groups excluding carboxylic acids is 1. The highest BCUT2D eigenvalue weighted by Crippen LogP contribution is 2.11. The molecule has 58 valence electrons. The van der Waals surface area contributed by atoms with Gasteiger partial charge in [-0.25, -0.2) is 0 Å². The van der Waals surface area contributed by atoms with Crippen molar-refractivity contribution in [2.24, 2.45) is 7.05 Å². The van der Waals surface area contributed by atoms with Gasteiger partial charge < -0.3 is 10.1 Å². The molecule has 6 heteroatoms. The summed E-state index contributed by atoms with van der Waals surface area (Å²) in [4.78, 5) is 19.7. The second-order valence-electron chi connectivity index (χ2n) is 1.96. The quantitative estimate of drug-likeness (QED) is 0.345. The predicted octanol–water partition coefficient (Wildman–Crippen LogP) is 0.141. The number of rotatable bonds is 2. The van der Waals surface area contributed by atoms with Crippen LogP contribution in [0.1, 0.15) is 10.4 Å². The summed E-state index contributed by atoms with van der Waals surface area (Å²) in [5.41, 5.74) is -0.00231. The Bertz CT molecular complexity index is 304. The Morgan fingerprint density at radius 3 is 2.82 bits per heavy atom. The molecule has 0 atom stereocenters. The molecule has 0 unspecified atom stereocenters. The molecule has 6 nitrogen and oxygen atoms in total. The summed E-state index contributed by atoms with van der Waals surface area (Å²) in [6.45, 7) is 0. The number of aromatic nitrogens is 2. The zero-order valence-corrected chi connectivity index (χ0v) is 5.72. The average molecular weight is 155 g/mol. The molecule has 0 aliphatic rings. The third-order valence-electron chi connectivity index (χ3n) is 1.14. The van der Waals surface area contributed by atoms with Crippen LogP contribution in [0, 0.1) is 10.1 Å². The maximum atomic E-state index is 10.2. The molecule has 0 aliphatic carbocycles. The van der Waals surface area contributed by atoms with Gasteiger partial charge in [-0.2, -0.15) is 4.68 Å². The van der Waals surface area contributed by atoms with E-state index in [1.165, 1.54) is 17.9 Å². The smallest absolute Gasteiger partial charge is 0.358 e. The standard InChI is InChI=1S/C5H5N3O3/c1-7-2-4(3-9)5(6-7)8(10)11/h2-3H,1H3. The van der Waals surface area contributed by atoms with E-state index in [0.29, 0.717) is 6.29 Å². The largest absolute Gasteiger partial charge is 0.400 e. The van der Waals surface area contributed by atoms with Gasteiger partial charge in [0.25, 0.3) is 0 Å². The molecule has 1 rings (SSSR count). The van der Waals surface area contributed by atoms with Crippen molar-refractivity contribution in [1.82, 2.24) is 9.78 Å². The second-order valence-corrected chi connectivity index (χ2v) is 1.96. The Labute approximate surface area is 61.6 Å². The highest BCUT2D eigenvalue weighted by molar-refractivity contribution is 5.79. The lowest BCUT2D eigenvalue weighted by molar-refractivity contribution is -0.389. The maximum Gasteiger partial charge on any atom is 0.400 e. The van der Waals surface area contributed by atoms with E-state index in [2.05, 4.69) is 5.10 Å². The molecular weight excluding hydrogens is 150 g/mol. The third kappa shape index (κ3) is 1.23. The molecule has 0 radical (unpaired) electrons. The Hall–Kier alpha value is -1.72. The summed E-state index contributed by atoms with van der Waals surface area (Å²) < 4.78 is 1.22. The molecule has 0 saturated carbocycles. The van der Waals surface area contributed by atoms with E-state index >= 15 is 0 Å². The van der Waals surface area contributed by atoms with E-state index in [0.717, 1.165) is 0 Å². The minimum atomic E-state index is -0.691. The van der Waals surface area contributed by atoms with Crippen molar-refractivity contribution in [3.05, 3.63) is 21.9 Å². The van der Waals surface area contributed by atoms with Crippen LogP contribution in [-0.4, -0.2) is 21.0 Å². The first kappa shape index (κ1) is 7.39. The first-order valence-electron chi connectivity index (χ1n) is 2.78. The van der Waals surface area contributed by atoms with Crippen LogP contribution in [0.2, 0.25) is 0 Å². The van der Waals surface area contributed by atoms with E-state index in [9.17, 15) is 14.9 Å². The summed E-state index contributed by atoms with van der Waals surface area (Å²) >= 11 is 0. The molecular formula is C5H5N3O3. The fourth-order valence-corrected chi connectivity index (χ4v) is 0.720. The summed E-state index contributed by atoms with van der Waals surface area (Å²) in [6.07, 6.45) is 1.70. The molecule has 0 saturated heterocycles. The molecule has 0 aromatic carbocycles. The molecule has 1 aromatic heterocycles. The van der Waals surface area contributed by atoms with Crippen molar-refractivity contribution in [1.29, 1.82) is 0 Å². The fourth-order valence-electron chi connectivity index (χ4n) is 0.720. The van der Waals surface area contributed by atoms with Crippen molar-refractivity contribution in [2.45, 2.75) is 0 Å². The third-order valence-corrected chi connectivity index (χ3v) is 1.14. The van der Waals surface area contributed by atoms with Crippen LogP contribution in [-0.2, 0) is 7.05 Å². The Morgan fingerprint density at radius 1 is 1.82 bits per heavy atom. The molecule has 1 aromatic rings. The van der Waals surface area contributed by atoms with Gasteiger partial charge in [0.15, 0.2) is 6.29 Å². The Kier molecular flexibility index (Phi) is 1.67. The van der Waals surface area contributed by atoms with Crippen LogP contribution in [0.5, 0.6) is 0 Å². The van der Waals surface area contributed by atoms with Gasteiger partial charge in [0.05, 0.1) is 18.3 Å². The minimum Gasteiger partial charge on any atom is -0.358 e. The second kappa shape index (κ2) is 2.49. The van der Waals surface area contributed by atoms with Crippen LogP contribution in [0.3, 0.4) is 0 Å². The Balaban J connectivity index is 3.22. The Morgan fingerprint density at radius 2 is 2.45 bits per heavy atom. The van der Waals surface area contributed by atoms with Gasteiger partial charge in [0.2, 0.25) is 0 Å². The highest BCUT2D eigenvalue weighted by atomic mass is 16.6. The van der Waals surface area contributed by atoms with E-state index in [4.69, 9.17) is 0 Å². The molecule has 0 bridgehead atoms. The van der Waals surface area contributed by atoms with E-state index in [-0.39, 0.29) is 5.56 Å². The molecule has 1 heterocycles. The normalized spacial score (nSPS) is 9.55. The zero-order chi connectivity index (χ0) is 8.43. The lowest BCUT2D eigenvalue weighted by Crippen LogP contribution is -1.93. The summed E-state index contributed by atoms with van der Waals surface area (Å²) in [7, 11) is 1.51. The molecule has 0 amide bonds. The molecule has 11 heavy (non-hydrogen) atoms. The van der Waals surface area contributed by atoms with Gasteiger partial charge in [0, 0.05) is 0 Å². The van der Waals surface area contributed by atoms with Crippen molar-refractivity contribution < 1.29 is 9.72 Å². The number of carbonyl (C=O) groups is 1. The van der Waals surface area contributed by atoms with E-state index in [1.54, 1.807) is 0 Å². The SMILES string of the molecule is Cn1cc(C=O)c([N+](=O)[O-])n1. The lowest BCUT2D eigenvalue weighted by Gasteiger charge is -1.84. The van der Waals surface area contributed by atoms with E-state index < -0.39 is 10.7 Å². The van der Waals surface area contributed by atoms with Crippen LogP contribution < -0.4 is 0 Å². The van der Waals surface area contributed by atoms with Crippen LogP contribution in [0.4, 0.5) is 5.82 Å². The fraction of sp³-hybridized carbons (Fsp3) is 0.200. The summed E-state index contributed by atoms with van der Waals surface area (Å²) in [5, 5.41) is 13.6. The van der Waals surface area contributed by atoms with Gasteiger partial charge in [-0.1, -0.05) is 0 Å². The number of hydrogen-bond acceptors (Lipinski definition) is 4. The number of nitro groups is 1. The lowest BCUT2D eigenvalue weighted by atomic mass is 10.4. The minimum absolute atomic E-state index is 0.00231. The van der Waals surface area contributed by atoms with Crippen molar-refractivity contribution in [3.8, 4) is 0 Å². The molecule has 0 spiro atoms. The van der Waals surface area contributed by atoms with Crippen LogP contribution >= 0.6 is 0 Å². The first-order valence-corrected chi connectivity index (χ1v) is 2.78. The van der Waals surface area contributed by atoms with Gasteiger partial charge in [0.1, 0.15) is 5.56 Å². The topological polar surface area (TPSA) is 78.0 Å². The average Bonchev–Trinajstić information content (AvgIpc) is 2.30. The van der Waals surface area contributed by atoms with Crippen LogP contribution in [0.15, 0.2) is 6.20 Å². The van der Waals surface area contributed by atoms with Gasteiger partial charge in [-0.3, -0.25) is 4.79 Å². The number of nitrogens with zero attached hydrogens (tertiary/aromatic N) is 3. The maximum absolute atomic E-state index is 10.2. The number of aryl methyl sites for hydroxylation is 1. The predicted molar refractivity (Wildman–Crippen MR) is 35.2 cm³/mol. The number of hydrogen-bond donors (Lipinski definition) is 0. The van der Waals surface area contributed by atoms with Crippen LogP contribution in [0.25, 0.3) is 0 Å². The zero-order valence-electron chi connectivity index (χ0n) is 5.72. The van der Waals surface area contributed by atoms with Crippen molar-refractivity contribution in [2.75, 3.05) is 0 Å².